The van der Waals surface area contributed by atoms with Crippen LogP contribution in [0.3, 0.4) is 0 Å². The molecule has 51 heavy (non-hydrogen) atoms. The normalized spacial score (nSPS) is 12.6. The van der Waals surface area contributed by atoms with Crippen LogP contribution in [-0.4, -0.2) is 63.8 Å². The summed E-state index contributed by atoms with van der Waals surface area (Å²) in [5, 5.41) is 3.53. The molecule has 3 aromatic rings. The lowest BCUT2D eigenvalue weighted by molar-refractivity contribution is -0.155. The second kappa shape index (κ2) is 24.8. The molecule has 8 heteroatoms. The number of fused-ring (bicyclic) bond motifs is 2. The number of hydrogen-bond donors (Lipinski definition) is 0. The molecule has 0 aliphatic rings. The number of carbonyl (C=O) groups excluding carboxylic acids is 2. The molecule has 0 bridgehead atoms. The van der Waals surface area contributed by atoms with Gasteiger partial charge in [-0.3, -0.25) is 9.59 Å². The molecule has 0 radical (unpaired) electrons. The Hall–Kier alpha value is -3.36. The molecule has 0 aliphatic heterocycles. The van der Waals surface area contributed by atoms with Gasteiger partial charge < -0.3 is 28.4 Å². The van der Waals surface area contributed by atoms with E-state index in [1.165, 1.54) is 38.5 Å². The first kappa shape index (κ1) is 42.1. The van der Waals surface area contributed by atoms with Crippen molar-refractivity contribution in [3.05, 3.63) is 48.0 Å². The molecular formula is C43H64O8. The SMILES string of the molecule is CCCCCCCOCC(COc1c2ccccc2c(OCC(COCCCCCCC)OC(=O)CCC)c2cc(C)ccc12)OC(=O)CCC. The van der Waals surface area contributed by atoms with Crippen molar-refractivity contribution < 1.29 is 38.0 Å². The minimum atomic E-state index is -0.542. The largest absolute Gasteiger partial charge is 0.488 e. The first-order chi connectivity index (χ1) is 24.9. The van der Waals surface area contributed by atoms with Crippen molar-refractivity contribution in [1.29, 1.82) is 0 Å². The Kier molecular flexibility index (Phi) is 20.4. The fourth-order valence-electron chi connectivity index (χ4n) is 6.05. The van der Waals surface area contributed by atoms with E-state index in [9.17, 15) is 9.59 Å². The summed E-state index contributed by atoms with van der Waals surface area (Å²) in [6, 6.07) is 14.2. The number of ether oxygens (including phenoxy) is 6. The molecule has 2 unspecified atom stereocenters. The average molecular weight is 709 g/mol. The van der Waals surface area contributed by atoms with Gasteiger partial charge in [0.1, 0.15) is 24.7 Å². The summed E-state index contributed by atoms with van der Waals surface area (Å²) in [4.78, 5) is 25.1. The quantitative estimate of drug-likeness (QED) is 0.0418. The molecule has 284 valence electrons. The Labute approximate surface area is 306 Å². The van der Waals surface area contributed by atoms with Crippen LogP contribution in [0.15, 0.2) is 42.5 Å². The predicted molar refractivity (Wildman–Crippen MR) is 206 cm³/mol. The lowest BCUT2D eigenvalue weighted by atomic mass is 9.99. The number of esters is 2. The maximum atomic E-state index is 12.6. The molecule has 0 aromatic heterocycles. The van der Waals surface area contributed by atoms with Gasteiger partial charge in [-0.15, -0.1) is 0 Å². The molecule has 0 heterocycles. The third kappa shape index (κ3) is 15.0. The highest BCUT2D eigenvalue weighted by atomic mass is 16.6. The summed E-state index contributed by atoms with van der Waals surface area (Å²) in [5.74, 6) is 0.898. The zero-order valence-electron chi connectivity index (χ0n) is 32.1. The van der Waals surface area contributed by atoms with Gasteiger partial charge in [0, 0.05) is 47.6 Å². The van der Waals surface area contributed by atoms with Gasteiger partial charge in [-0.2, -0.15) is 0 Å². The smallest absolute Gasteiger partial charge is 0.306 e. The van der Waals surface area contributed by atoms with E-state index >= 15 is 0 Å². The van der Waals surface area contributed by atoms with Gasteiger partial charge in [0.25, 0.3) is 0 Å². The van der Waals surface area contributed by atoms with Crippen LogP contribution < -0.4 is 9.47 Å². The summed E-state index contributed by atoms with van der Waals surface area (Å²) in [6.45, 7) is 12.5. The molecule has 3 rings (SSSR count). The lowest BCUT2D eigenvalue weighted by Gasteiger charge is -2.23. The number of hydrogen-bond acceptors (Lipinski definition) is 8. The topological polar surface area (TPSA) is 89.5 Å². The van der Waals surface area contributed by atoms with Gasteiger partial charge in [0.2, 0.25) is 0 Å². The number of carbonyl (C=O) groups is 2. The predicted octanol–water partition coefficient (Wildman–Crippen LogP) is 10.5. The van der Waals surface area contributed by atoms with E-state index in [1.807, 2.05) is 51.1 Å². The molecule has 0 fully saturated rings. The number of aryl methyl sites for hydroxylation is 1. The Morgan fingerprint density at radius 3 is 1.45 bits per heavy atom. The van der Waals surface area contributed by atoms with Crippen LogP contribution in [0.4, 0.5) is 0 Å². The van der Waals surface area contributed by atoms with E-state index < -0.39 is 12.2 Å². The first-order valence-corrected chi connectivity index (χ1v) is 19.7. The summed E-state index contributed by atoms with van der Waals surface area (Å²) in [7, 11) is 0. The Balaban J connectivity index is 1.83. The highest BCUT2D eigenvalue weighted by Crippen LogP contribution is 2.43. The number of benzene rings is 3. The van der Waals surface area contributed by atoms with Crippen LogP contribution in [0.2, 0.25) is 0 Å². The van der Waals surface area contributed by atoms with Crippen LogP contribution in [0, 0.1) is 6.92 Å². The maximum absolute atomic E-state index is 12.6. The number of rotatable bonds is 28. The van der Waals surface area contributed by atoms with Gasteiger partial charge in [-0.1, -0.05) is 121 Å². The van der Waals surface area contributed by atoms with Gasteiger partial charge >= 0.3 is 11.9 Å². The standard InChI is InChI=1S/C43H64O8/c1-6-10-12-14-18-26-46-29-34(50-40(44)20-8-3)31-48-42-36-22-16-17-23-37(36)43(39-28-33(5)24-25-38(39)42)49-32-35(51-41(45)21-9-4)30-47-27-19-15-13-11-7-2/h16-17,22-25,28,34-35H,6-15,18-21,26-27,29-32H2,1-5H3. The summed E-state index contributed by atoms with van der Waals surface area (Å²) in [5.41, 5.74) is 1.07. The van der Waals surface area contributed by atoms with Crippen molar-refractivity contribution in [2.24, 2.45) is 0 Å². The third-order valence-corrected chi connectivity index (χ3v) is 8.80. The molecule has 0 aliphatic carbocycles. The van der Waals surface area contributed by atoms with Crippen LogP contribution in [-0.2, 0) is 28.5 Å². The fourth-order valence-corrected chi connectivity index (χ4v) is 6.05. The van der Waals surface area contributed by atoms with Crippen molar-refractivity contribution in [3.63, 3.8) is 0 Å². The highest BCUT2D eigenvalue weighted by Gasteiger charge is 2.22. The molecule has 0 saturated heterocycles. The number of unbranched alkanes of at least 4 members (excludes halogenated alkanes) is 8. The monoisotopic (exact) mass is 708 g/mol. The van der Waals surface area contributed by atoms with Crippen molar-refractivity contribution in [2.45, 2.75) is 137 Å². The second-order valence-corrected chi connectivity index (χ2v) is 13.6. The van der Waals surface area contributed by atoms with E-state index in [-0.39, 0.29) is 38.4 Å². The van der Waals surface area contributed by atoms with E-state index in [0.717, 1.165) is 52.8 Å². The fraction of sp³-hybridized carbons (Fsp3) is 0.628. The van der Waals surface area contributed by atoms with E-state index in [4.69, 9.17) is 28.4 Å². The van der Waals surface area contributed by atoms with E-state index in [2.05, 4.69) is 26.0 Å². The van der Waals surface area contributed by atoms with Crippen molar-refractivity contribution in [1.82, 2.24) is 0 Å². The van der Waals surface area contributed by atoms with Crippen molar-refractivity contribution in [2.75, 3.05) is 39.6 Å². The zero-order valence-corrected chi connectivity index (χ0v) is 32.1. The molecule has 0 amide bonds. The maximum Gasteiger partial charge on any atom is 0.306 e. The van der Waals surface area contributed by atoms with Crippen LogP contribution in [0.5, 0.6) is 11.5 Å². The molecular weight excluding hydrogens is 644 g/mol. The van der Waals surface area contributed by atoms with Gasteiger partial charge in [0.15, 0.2) is 12.2 Å². The lowest BCUT2D eigenvalue weighted by Crippen LogP contribution is -2.30. The van der Waals surface area contributed by atoms with Crippen LogP contribution in [0.25, 0.3) is 21.5 Å². The Morgan fingerprint density at radius 2 is 0.980 bits per heavy atom. The highest BCUT2D eigenvalue weighted by molar-refractivity contribution is 6.11. The molecule has 2 atom stereocenters. The molecule has 0 spiro atoms. The molecule has 3 aromatic carbocycles. The van der Waals surface area contributed by atoms with Gasteiger partial charge in [-0.25, -0.2) is 0 Å². The van der Waals surface area contributed by atoms with Gasteiger partial charge in [0.05, 0.1) is 13.2 Å². The summed E-state index contributed by atoms with van der Waals surface area (Å²) < 4.78 is 36.8. The van der Waals surface area contributed by atoms with E-state index in [1.54, 1.807) is 0 Å². The molecule has 8 nitrogen and oxygen atoms in total. The third-order valence-electron chi connectivity index (χ3n) is 8.80. The van der Waals surface area contributed by atoms with Gasteiger partial charge in [-0.05, 0) is 38.7 Å². The molecule has 0 saturated carbocycles. The first-order valence-electron chi connectivity index (χ1n) is 19.7. The minimum absolute atomic E-state index is 0.156. The second-order valence-electron chi connectivity index (χ2n) is 13.6. The Bertz CT molecular complexity index is 1440. The van der Waals surface area contributed by atoms with Crippen molar-refractivity contribution in [3.8, 4) is 11.5 Å². The zero-order chi connectivity index (χ0) is 36.7. The minimum Gasteiger partial charge on any atom is -0.488 e. The van der Waals surface area contributed by atoms with E-state index in [0.29, 0.717) is 50.4 Å². The summed E-state index contributed by atoms with van der Waals surface area (Å²) in [6.07, 6.45) is 12.5. The average Bonchev–Trinajstić information content (AvgIpc) is 3.12. The van der Waals surface area contributed by atoms with Crippen molar-refractivity contribution >= 4 is 33.5 Å². The Morgan fingerprint density at radius 1 is 0.529 bits per heavy atom. The molecule has 0 N–H and O–H groups in total. The van der Waals surface area contributed by atoms with Crippen LogP contribution >= 0.6 is 0 Å². The summed E-state index contributed by atoms with van der Waals surface area (Å²) >= 11 is 0. The van der Waals surface area contributed by atoms with Crippen LogP contribution in [0.1, 0.15) is 123 Å².